The van der Waals surface area contributed by atoms with Crippen molar-refractivity contribution in [2.45, 2.75) is 42.0 Å². The lowest BCUT2D eigenvalue weighted by atomic mass is 9.70. The summed E-state index contributed by atoms with van der Waals surface area (Å²) in [5.74, 6) is 0.841. The zero-order valence-electron chi connectivity index (χ0n) is 21.6. The van der Waals surface area contributed by atoms with Gasteiger partial charge in [0.25, 0.3) is 0 Å². The van der Waals surface area contributed by atoms with Crippen LogP contribution in [0.1, 0.15) is 46.9 Å². The van der Waals surface area contributed by atoms with Gasteiger partial charge >= 0.3 is 6.09 Å². The second-order valence-electron chi connectivity index (χ2n) is 10.8. The van der Waals surface area contributed by atoms with Crippen LogP contribution >= 0.6 is 0 Å². The quantitative estimate of drug-likeness (QED) is 0.543. The van der Waals surface area contributed by atoms with Gasteiger partial charge in [0.1, 0.15) is 11.9 Å². The van der Waals surface area contributed by atoms with Crippen molar-refractivity contribution in [2.24, 2.45) is 5.92 Å². The second-order valence-corrected chi connectivity index (χ2v) is 10.8. The first-order valence-corrected chi connectivity index (χ1v) is 13.0. The molecule has 3 fully saturated rings. The summed E-state index contributed by atoms with van der Waals surface area (Å²) in [6.45, 7) is 0.401. The van der Waals surface area contributed by atoms with Gasteiger partial charge in [-0.15, -0.1) is 0 Å². The molecule has 3 heterocycles. The summed E-state index contributed by atoms with van der Waals surface area (Å²) in [6.07, 6.45) is 1.00. The Balaban J connectivity index is 1.53. The maximum absolute atomic E-state index is 13.1. The molecular weight excluding hydrogens is 484 g/mol. The number of nitrogens with zero attached hydrogens (tertiary/aromatic N) is 2. The molecule has 5 atom stereocenters. The highest BCUT2D eigenvalue weighted by atomic mass is 16.6. The van der Waals surface area contributed by atoms with E-state index in [1.165, 1.54) is 32.6 Å². The molecular formula is C30H30N2O6. The summed E-state index contributed by atoms with van der Waals surface area (Å²) in [7, 11) is 4.74. The van der Waals surface area contributed by atoms with Crippen LogP contribution in [0.3, 0.4) is 0 Å². The van der Waals surface area contributed by atoms with Crippen LogP contribution in [0, 0.1) is 5.92 Å². The molecule has 1 aromatic heterocycles. The molecule has 2 aliphatic heterocycles. The Morgan fingerprint density at radius 1 is 1.03 bits per heavy atom. The summed E-state index contributed by atoms with van der Waals surface area (Å²) >= 11 is 0. The Morgan fingerprint density at radius 3 is 2.42 bits per heavy atom. The fourth-order valence-corrected chi connectivity index (χ4v) is 7.02. The maximum Gasteiger partial charge on any atom is 0.409 e. The van der Waals surface area contributed by atoms with E-state index in [1.54, 1.807) is 18.0 Å². The van der Waals surface area contributed by atoms with Crippen LogP contribution in [0.15, 0.2) is 60.7 Å². The third-order valence-corrected chi connectivity index (χ3v) is 8.79. The van der Waals surface area contributed by atoms with Crippen molar-refractivity contribution in [1.82, 2.24) is 9.88 Å². The molecule has 1 amide bonds. The predicted octanol–water partition coefficient (Wildman–Crippen LogP) is 4.32. The molecule has 0 unspecified atom stereocenters. The largest absolute Gasteiger partial charge is 0.481 e. The number of methoxy groups -OCH3 is 2. The van der Waals surface area contributed by atoms with Crippen molar-refractivity contribution in [3.05, 3.63) is 82.9 Å². The van der Waals surface area contributed by atoms with Crippen LogP contribution in [0.2, 0.25) is 0 Å². The van der Waals surface area contributed by atoms with Crippen LogP contribution in [0.4, 0.5) is 4.79 Å². The van der Waals surface area contributed by atoms with Crippen LogP contribution in [0.25, 0.3) is 0 Å². The van der Waals surface area contributed by atoms with E-state index in [4.69, 9.17) is 18.9 Å². The fraction of sp³-hybridized carbons (Fsp3) is 0.400. The Labute approximate surface area is 221 Å². The van der Waals surface area contributed by atoms with Gasteiger partial charge in [-0.05, 0) is 35.4 Å². The van der Waals surface area contributed by atoms with Gasteiger partial charge in [0.05, 0.1) is 19.8 Å². The third-order valence-electron chi connectivity index (χ3n) is 8.79. The zero-order chi connectivity index (χ0) is 26.2. The van der Waals surface area contributed by atoms with Crippen LogP contribution < -0.4 is 14.2 Å². The highest BCUT2D eigenvalue weighted by molar-refractivity contribution is 5.70. The lowest BCUT2D eigenvalue weighted by Crippen LogP contribution is -2.55. The highest BCUT2D eigenvalue weighted by Crippen LogP contribution is 2.71. The Hall–Kier alpha value is -3.78. The minimum absolute atomic E-state index is 0.181. The fourth-order valence-electron chi connectivity index (χ4n) is 7.02. The molecule has 0 bridgehead atoms. The third kappa shape index (κ3) is 2.95. The minimum Gasteiger partial charge on any atom is -0.481 e. The molecule has 0 spiro atoms. The normalized spacial score (nSPS) is 31.1. The molecule has 0 radical (unpaired) electrons. The van der Waals surface area contributed by atoms with Crippen molar-refractivity contribution in [2.75, 3.05) is 27.8 Å². The van der Waals surface area contributed by atoms with Gasteiger partial charge in [0, 0.05) is 31.5 Å². The SMILES string of the molecule is COc1cc2c(c(OC)n1)[C@]1(O)[C@@H]3OC(=O)N(C)C[C@@H]3[C@@H](c3ccccc3)[C@]1(c1ccc(C3CC3)cc1)O2. The molecule has 2 aromatic carbocycles. The van der Waals surface area contributed by atoms with Gasteiger partial charge < -0.3 is 29.0 Å². The van der Waals surface area contributed by atoms with Crippen LogP contribution in [0.5, 0.6) is 17.5 Å². The van der Waals surface area contributed by atoms with E-state index in [9.17, 15) is 9.90 Å². The number of aromatic nitrogens is 1. The molecule has 196 valence electrons. The van der Waals surface area contributed by atoms with Crippen molar-refractivity contribution in [1.29, 1.82) is 0 Å². The lowest BCUT2D eigenvalue weighted by Gasteiger charge is -2.41. The standard InChI is InChI=1S/C30H30N2O6/c1-32-16-21-24(19-7-5-4-6-8-19)30(20-13-11-18(12-14-20)17-9-10-17)29(34,26(21)37-28(32)33)25-22(38-30)15-23(35-2)31-27(25)36-3/h4-8,11-15,17,21,24,26,34H,9-10,16H2,1-3H3/t21-,24-,26-,29+,30+/m1/s1. The summed E-state index contributed by atoms with van der Waals surface area (Å²) in [4.78, 5) is 19.0. The number of aliphatic hydroxyl groups is 1. The Morgan fingerprint density at radius 2 is 1.76 bits per heavy atom. The van der Waals surface area contributed by atoms with Crippen LogP contribution in [-0.2, 0) is 15.9 Å². The van der Waals surface area contributed by atoms with Crippen molar-refractivity contribution in [3.63, 3.8) is 0 Å². The maximum atomic E-state index is 13.1. The first kappa shape index (κ1) is 23.3. The highest BCUT2D eigenvalue weighted by Gasteiger charge is 2.79. The predicted molar refractivity (Wildman–Crippen MR) is 138 cm³/mol. The Kier molecular flexibility index (Phi) is 4.98. The van der Waals surface area contributed by atoms with E-state index in [0.29, 0.717) is 29.7 Å². The lowest BCUT2D eigenvalue weighted by molar-refractivity contribution is -0.159. The zero-order valence-corrected chi connectivity index (χ0v) is 21.6. The van der Waals surface area contributed by atoms with E-state index in [-0.39, 0.29) is 17.7 Å². The summed E-state index contributed by atoms with van der Waals surface area (Å²) in [6, 6.07) is 20.1. The van der Waals surface area contributed by atoms with Gasteiger partial charge in [-0.2, -0.15) is 4.98 Å². The molecule has 8 heteroatoms. The number of fused-ring (bicyclic) bond motifs is 5. The number of hydrogen-bond donors (Lipinski definition) is 1. The van der Waals surface area contributed by atoms with Gasteiger partial charge in [-0.1, -0.05) is 54.6 Å². The van der Waals surface area contributed by atoms with Crippen molar-refractivity contribution >= 4 is 6.09 Å². The molecule has 2 saturated carbocycles. The number of carbonyl (C=O) groups excluding carboxylic acids is 1. The smallest absolute Gasteiger partial charge is 0.409 e. The molecule has 3 aromatic rings. The number of hydrogen-bond acceptors (Lipinski definition) is 7. The van der Waals surface area contributed by atoms with E-state index in [2.05, 4.69) is 29.2 Å². The van der Waals surface area contributed by atoms with Gasteiger partial charge in [-0.25, -0.2) is 4.79 Å². The van der Waals surface area contributed by atoms with E-state index >= 15 is 0 Å². The Bertz CT molecular complexity index is 1410. The number of amides is 1. The number of rotatable bonds is 5. The number of benzene rings is 2. The summed E-state index contributed by atoms with van der Waals surface area (Å²) < 4.78 is 24.2. The average molecular weight is 515 g/mol. The van der Waals surface area contributed by atoms with E-state index < -0.39 is 23.4 Å². The molecule has 38 heavy (non-hydrogen) atoms. The topological polar surface area (TPSA) is 90.3 Å². The molecule has 8 nitrogen and oxygen atoms in total. The van der Waals surface area contributed by atoms with E-state index in [0.717, 1.165) is 11.1 Å². The molecule has 7 rings (SSSR count). The van der Waals surface area contributed by atoms with Gasteiger partial charge in [0.2, 0.25) is 11.8 Å². The summed E-state index contributed by atoms with van der Waals surface area (Å²) in [5.41, 5.74) is 0.351. The molecule has 1 N–H and O–H groups in total. The minimum atomic E-state index is -1.78. The molecule has 4 aliphatic rings. The van der Waals surface area contributed by atoms with Crippen LogP contribution in [-0.4, -0.2) is 55.0 Å². The van der Waals surface area contributed by atoms with Crippen molar-refractivity contribution in [3.8, 4) is 17.5 Å². The van der Waals surface area contributed by atoms with Gasteiger partial charge in [-0.3, -0.25) is 0 Å². The number of pyridine rings is 1. The monoisotopic (exact) mass is 514 g/mol. The molecule has 1 saturated heterocycles. The first-order valence-electron chi connectivity index (χ1n) is 13.0. The van der Waals surface area contributed by atoms with E-state index in [1.807, 2.05) is 30.3 Å². The average Bonchev–Trinajstić information content (AvgIpc) is 3.72. The second kappa shape index (κ2) is 8.11. The van der Waals surface area contributed by atoms with Crippen molar-refractivity contribution < 1.29 is 28.8 Å². The number of ether oxygens (including phenoxy) is 4. The first-order chi connectivity index (χ1) is 18.4. The number of carbonyl (C=O) groups is 1. The molecule has 2 aliphatic carbocycles. The summed E-state index contributed by atoms with van der Waals surface area (Å²) in [5, 5.41) is 13.1. The van der Waals surface area contributed by atoms with Gasteiger partial charge in [0.15, 0.2) is 11.2 Å².